The van der Waals surface area contributed by atoms with Gasteiger partial charge in [-0.25, -0.2) is 0 Å². The summed E-state index contributed by atoms with van der Waals surface area (Å²) in [5.74, 6) is 1.68. The van der Waals surface area contributed by atoms with Crippen molar-refractivity contribution in [1.29, 1.82) is 0 Å². The third-order valence-electron chi connectivity index (χ3n) is 2.91. The van der Waals surface area contributed by atoms with E-state index in [4.69, 9.17) is 4.74 Å². The number of ether oxygens (including phenoxy) is 1. The van der Waals surface area contributed by atoms with Gasteiger partial charge in [-0.3, -0.25) is 0 Å². The predicted molar refractivity (Wildman–Crippen MR) is 90.8 cm³/mol. The largest absolute Gasteiger partial charge is 0.456 e. The van der Waals surface area contributed by atoms with Crippen molar-refractivity contribution in [3.8, 4) is 11.5 Å². The van der Waals surface area contributed by atoms with E-state index in [9.17, 15) is 0 Å². The summed E-state index contributed by atoms with van der Waals surface area (Å²) in [5, 5.41) is 3.22. The maximum absolute atomic E-state index is 5.89. The van der Waals surface area contributed by atoms with Crippen LogP contribution in [-0.2, 0) is 0 Å². The summed E-state index contributed by atoms with van der Waals surface area (Å²) in [5.41, 5.74) is 1.23. The van der Waals surface area contributed by atoms with Gasteiger partial charge in [-0.05, 0) is 88.4 Å². The number of hydrogen-bond donors (Lipinski definition) is 1. The van der Waals surface area contributed by atoms with E-state index in [0.717, 1.165) is 19.5 Å². The van der Waals surface area contributed by atoms with Gasteiger partial charge in [0.25, 0.3) is 0 Å². The molecule has 2 aromatic rings. The Morgan fingerprint density at radius 1 is 1.21 bits per heavy atom. The Morgan fingerprint density at radius 3 is 2.63 bits per heavy atom. The second kappa shape index (κ2) is 6.72. The first kappa shape index (κ1) is 14.8. The Kier molecular flexibility index (Phi) is 5.24. The molecule has 0 fully saturated rings. The van der Waals surface area contributed by atoms with Crippen molar-refractivity contribution in [2.45, 2.75) is 13.0 Å². The molecule has 100 valence electrons. The highest BCUT2D eigenvalue weighted by Gasteiger charge is 2.08. The smallest absolute Gasteiger partial charge is 0.141 e. The average Bonchev–Trinajstić information content (AvgIpc) is 2.40. The molecule has 1 N–H and O–H groups in total. The molecular formula is C15H15BrINO. The Bertz CT molecular complexity index is 574. The Morgan fingerprint density at radius 2 is 2.00 bits per heavy atom. The highest BCUT2D eigenvalue weighted by molar-refractivity contribution is 14.1. The normalized spacial score (nSPS) is 12.2. The second-order valence-corrected chi connectivity index (χ2v) is 6.36. The molecule has 2 rings (SSSR count). The summed E-state index contributed by atoms with van der Waals surface area (Å²) in [6.45, 7) is 2.13. The van der Waals surface area contributed by atoms with Crippen LogP contribution in [0.5, 0.6) is 11.5 Å². The monoisotopic (exact) mass is 431 g/mol. The van der Waals surface area contributed by atoms with E-state index in [1.165, 1.54) is 5.56 Å². The fourth-order valence-electron chi connectivity index (χ4n) is 1.69. The zero-order valence-electron chi connectivity index (χ0n) is 10.8. The lowest BCUT2D eigenvalue weighted by molar-refractivity contribution is 0.478. The molecule has 0 aromatic heterocycles. The summed E-state index contributed by atoms with van der Waals surface area (Å²) in [6, 6.07) is 14.5. The minimum absolute atomic E-state index is 0.322. The third kappa shape index (κ3) is 3.94. The molecule has 2 aromatic carbocycles. The van der Waals surface area contributed by atoms with E-state index in [1.807, 2.05) is 37.4 Å². The topological polar surface area (TPSA) is 21.3 Å². The fourth-order valence-corrected chi connectivity index (χ4v) is 2.69. The number of halogens is 2. The van der Waals surface area contributed by atoms with Gasteiger partial charge in [0, 0.05) is 9.61 Å². The standard InChI is InChI=1S/C15H15BrINO/c1-10(18-2)11-6-7-15(14(16)8-11)19-13-5-3-4-12(17)9-13/h3-10,18H,1-2H3. The van der Waals surface area contributed by atoms with Gasteiger partial charge in [0.1, 0.15) is 11.5 Å². The van der Waals surface area contributed by atoms with Crippen molar-refractivity contribution in [2.75, 3.05) is 7.05 Å². The van der Waals surface area contributed by atoms with Crippen LogP contribution in [-0.4, -0.2) is 7.05 Å². The lowest BCUT2D eigenvalue weighted by Crippen LogP contribution is -2.12. The van der Waals surface area contributed by atoms with Crippen LogP contribution in [0.4, 0.5) is 0 Å². The van der Waals surface area contributed by atoms with Gasteiger partial charge >= 0.3 is 0 Å². The first-order chi connectivity index (χ1) is 9.10. The van der Waals surface area contributed by atoms with Crippen molar-refractivity contribution in [1.82, 2.24) is 5.32 Å². The average molecular weight is 432 g/mol. The maximum Gasteiger partial charge on any atom is 0.141 e. The summed E-state index contributed by atoms with van der Waals surface area (Å²) < 4.78 is 8.01. The first-order valence-corrected chi connectivity index (χ1v) is 7.87. The summed E-state index contributed by atoms with van der Waals surface area (Å²) in [7, 11) is 1.95. The van der Waals surface area contributed by atoms with Gasteiger partial charge in [-0.2, -0.15) is 0 Å². The molecule has 1 unspecified atom stereocenters. The van der Waals surface area contributed by atoms with Gasteiger partial charge in [0.05, 0.1) is 4.47 Å². The van der Waals surface area contributed by atoms with Gasteiger partial charge in [-0.1, -0.05) is 12.1 Å². The Balaban J connectivity index is 2.22. The van der Waals surface area contributed by atoms with E-state index in [-0.39, 0.29) is 0 Å². The molecule has 0 radical (unpaired) electrons. The van der Waals surface area contributed by atoms with Gasteiger partial charge < -0.3 is 10.1 Å². The highest BCUT2D eigenvalue weighted by Crippen LogP contribution is 2.32. The molecule has 19 heavy (non-hydrogen) atoms. The molecule has 0 heterocycles. The van der Waals surface area contributed by atoms with Crippen LogP contribution in [0, 0.1) is 3.57 Å². The SMILES string of the molecule is CNC(C)c1ccc(Oc2cccc(I)c2)c(Br)c1. The van der Waals surface area contributed by atoms with Crippen LogP contribution in [0.2, 0.25) is 0 Å². The minimum atomic E-state index is 0.322. The maximum atomic E-state index is 5.89. The van der Waals surface area contributed by atoms with Crippen LogP contribution in [0.25, 0.3) is 0 Å². The molecule has 0 aliphatic rings. The number of benzene rings is 2. The van der Waals surface area contributed by atoms with Crippen LogP contribution >= 0.6 is 38.5 Å². The molecule has 0 aliphatic heterocycles. The summed E-state index contributed by atoms with van der Waals surface area (Å²) in [4.78, 5) is 0. The van der Waals surface area contributed by atoms with Crippen molar-refractivity contribution in [3.05, 3.63) is 56.1 Å². The number of rotatable bonds is 4. The first-order valence-electron chi connectivity index (χ1n) is 6.00. The molecule has 1 atom stereocenters. The summed E-state index contributed by atoms with van der Waals surface area (Å²) >= 11 is 5.84. The Labute approximate surface area is 135 Å². The van der Waals surface area contributed by atoms with E-state index in [2.05, 4.69) is 62.9 Å². The van der Waals surface area contributed by atoms with E-state index in [1.54, 1.807) is 0 Å². The van der Waals surface area contributed by atoms with Gasteiger partial charge in [-0.15, -0.1) is 0 Å². The second-order valence-electron chi connectivity index (χ2n) is 4.26. The predicted octanol–water partition coefficient (Wildman–Crippen LogP) is 5.13. The molecule has 0 aliphatic carbocycles. The quantitative estimate of drug-likeness (QED) is 0.678. The van der Waals surface area contributed by atoms with E-state index < -0.39 is 0 Å². The van der Waals surface area contributed by atoms with Gasteiger partial charge in [0.15, 0.2) is 0 Å². The van der Waals surface area contributed by atoms with E-state index >= 15 is 0 Å². The van der Waals surface area contributed by atoms with Crippen LogP contribution in [0.1, 0.15) is 18.5 Å². The molecule has 0 bridgehead atoms. The van der Waals surface area contributed by atoms with Crippen molar-refractivity contribution >= 4 is 38.5 Å². The minimum Gasteiger partial charge on any atom is -0.456 e. The molecule has 4 heteroatoms. The fraction of sp³-hybridized carbons (Fsp3) is 0.200. The van der Waals surface area contributed by atoms with Gasteiger partial charge in [0.2, 0.25) is 0 Å². The lowest BCUT2D eigenvalue weighted by Gasteiger charge is -2.13. The molecular weight excluding hydrogens is 417 g/mol. The zero-order valence-corrected chi connectivity index (χ0v) is 14.5. The van der Waals surface area contributed by atoms with E-state index in [0.29, 0.717) is 6.04 Å². The summed E-state index contributed by atoms with van der Waals surface area (Å²) in [6.07, 6.45) is 0. The van der Waals surface area contributed by atoms with Crippen LogP contribution < -0.4 is 10.1 Å². The molecule has 0 spiro atoms. The Hall–Kier alpha value is -0.590. The molecule has 0 saturated carbocycles. The van der Waals surface area contributed by atoms with Crippen molar-refractivity contribution in [2.24, 2.45) is 0 Å². The number of nitrogens with one attached hydrogen (secondary N) is 1. The molecule has 2 nitrogen and oxygen atoms in total. The van der Waals surface area contributed by atoms with Crippen molar-refractivity contribution < 1.29 is 4.74 Å². The lowest BCUT2D eigenvalue weighted by atomic mass is 10.1. The third-order valence-corrected chi connectivity index (χ3v) is 4.20. The van der Waals surface area contributed by atoms with Crippen LogP contribution in [0.3, 0.4) is 0 Å². The molecule has 0 saturated heterocycles. The van der Waals surface area contributed by atoms with Crippen LogP contribution in [0.15, 0.2) is 46.9 Å². The molecule has 0 amide bonds. The highest BCUT2D eigenvalue weighted by atomic mass is 127. The van der Waals surface area contributed by atoms with Crippen molar-refractivity contribution in [3.63, 3.8) is 0 Å². The number of hydrogen-bond acceptors (Lipinski definition) is 2. The zero-order chi connectivity index (χ0) is 13.8.